The van der Waals surface area contributed by atoms with Gasteiger partial charge in [-0.1, -0.05) is 18.2 Å². The summed E-state index contributed by atoms with van der Waals surface area (Å²) >= 11 is 0. The van der Waals surface area contributed by atoms with E-state index >= 15 is 0 Å². The Morgan fingerprint density at radius 2 is 1.75 bits per heavy atom. The molecular weight excluding hydrogens is 412 g/mol. The van der Waals surface area contributed by atoms with Crippen LogP contribution >= 0.6 is 0 Å². The molecule has 4 aromatic rings. The predicted molar refractivity (Wildman–Crippen MR) is 118 cm³/mol. The smallest absolute Gasteiger partial charge is 0.341 e. The molecule has 1 aliphatic rings. The molecule has 9 nitrogen and oxygen atoms in total. The molecule has 0 atom stereocenters. The van der Waals surface area contributed by atoms with Crippen LogP contribution in [0.2, 0.25) is 0 Å². The molecule has 0 aliphatic carbocycles. The highest BCUT2D eigenvalue weighted by Gasteiger charge is 2.21. The van der Waals surface area contributed by atoms with Crippen LogP contribution in [-0.4, -0.2) is 35.4 Å². The average Bonchev–Trinajstić information content (AvgIpc) is 3.24. The van der Waals surface area contributed by atoms with Crippen molar-refractivity contribution in [2.24, 2.45) is 0 Å². The number of urea groups is 1. The second-order valence-electron chi connectivity index (χ2n) is 6.97. The van der Waals surface area contributed by atoms with Gasteiger partial charge in [-0.3, -0.25) is 10.6 Å². The Morgan fingerprint density at radius 3 is 2.59 bits per heavy atom. The van der Waals surface area contributed by atoms with Gasteiger partial charge in [0, 0.05) is 16.8 Å². The van der Waals surface area contributed by atoms with E-state index in [1.54, 1.807) is 31.2 Å². The number of hydrogen-bond donors (Lipinski definition) is 2. The van der Waals surface area contributed by atoms with Crippen molar-refractivity contribution in [2.75, 3.05) is 24.0 Å². The molecule has 2 amide bonds. The van der Waals surface area contributed by atoms with Crippen LogP contribution in [0.15, 0.2) is 54.6 Å². The monoisotopic (exact) mass is 430 g/mol. The van der Waals surface area contributed by atoms with Gasteiger partial charge in [-0.25, -0.2) is 19.6 Å². The third-order valence-corrected chi connectivity index (χ3v) is 4.88. The van der Waals surface area contributed by atoms with E-state index in [0.717, 1.165) is 10.9 Å². The number of aromatic nitrogens is 2. The van der Waals surface area contributed by atoms with Gasteiger partial charge in [0.2, 0.25) is 6.79 Å². The molecule has 5 rings (SSSR count). The highest BCUT2D eigenvalue weighted by molar-refractivity contribution is 6.06. The highest BCUT2D eigenvalue weighted by Crippen LogP contribution is 2.36. The summed E-state index contributed by atoms with van der Waals surface area (Å²) in [6.07, 6.45) is 0. The van der Waals surface area contributed by atoms with E-state index in [1.807, 2.05) is 30.3 Å². The van der Waals surface area contributed by atoms with Gasteiger partial charge in [-0.05, 0) is 37.3 Å². The fourth-order valence-electron chi connectivity index (χ4n) is 3.41. The first-order chi connectivity index (χ1) is 15.6. The average molecular weight is 430 g/mol. The van der Waals surface area contributed by atoms with Crippen molar-refractivity contribution in [3.8, 4) is 11.5 Å². The molecule has 2 aromatic heterocycles. The quantitative estimate of drug-likeness (QED) is 0.464. The Balaban J connectivity index is 1.46. The van der Waals surface area contributed by atoms with Gasteiger partial charge < -0.3 is 14.2 Å². The lowest BCUT2D eigenvalue weighted by atomic mass is 10.1. The molecule has 32 heavy (non-hydrogen) atoms. The summed E-state index contributed by atoms with van der Waals surface area (Å²) < 4.78 is 15.9. The van der Waals surface area contributed by atoms with Gasteiger partial charge in [-0.2, -0.15) is 0 Å². The minimum Gasteiger partial charge on any atom is -0.462 e. The maximum Gasteiger partial charge on any atom is 0.341 e. The molecule has 0 spiro atoms. The fourth-order valence-corrected chi connectivity index (χ4v) is 3.41. The molecule has 3 heterocycles. The van der Waals surface area contributed by atoms with Gasteiger partial charge in [0.05, 0.1) is 17.6 Å². The number of carbonyl (C=O) groups excluding carboxylic acids is 2. The SMILES string of the molecule is CCOC(=O)c1cc2cc3c(cc2nc1NC(=O)Nc1ccc2ccccc2n1)OCO3. The van der Waals surface area contributed by atoms with Crippen LogP contribution in [-0.2, 0) is 4.74 Å². The van der Waals surface area contributed by atoms with Crippen molar-refractivity contribution in [1.29, 1.82) is 0 Å². The summed E-state index contributed by atoms with van der Waals surface area (Å²) in [6.45, 7) is 2.00. The molecule has 0 saturated carbocycles. The second-order valence-corrected chi connectivity index (χ2v) is 6.97. The van der Waals surface area contributed by atoms with E-state index < -0.39 is 12.0 Å². The van der Waals surface area contributed by atoms with Crippen LogP contribution < -0.4 is 20.1 Å². The number of rotatable bonds is 4. The largest absolute Gasteiger partial charge is 0.462 e. The first-order valence-electron chi connectivity index (χ1n) is 9.96. The number of esters is 1. The maximum absolute atomic E-state index is 12.7. The van der Waals surface area contributed by atoms with E-state index in [2.05, 4.69) is 20.6 Å². The first-order valence-corrected chi connectivity index (χ1v) is 9.96. The Bertz CT molecular complexity index is 1370. The van der Waals surface area contributed by atoms with E-state index in [-0.39, 0.29) is 24.8 Å². The first kappa shape index (κ1) is 19.6. The number of pyridine rings is 2. The Hall–Kier alpha value is -4.40. The van der Waals surface area contributed by atoms with Crippen LogP contribution in [0.5, 0.6) is 11.5 Å². The molecule has 2 N–H and O–H groups in total. The fraction of sp³-hybridized carbons (Fsp3) is 0.130. The lowest BCUT2D eigenvalue weighted by Gasteiger charge is -2.12. The number of anilines is 2. The molecule has 0 fully saturated rings. The number of fused-ring (bicyclic) bond motifs is 3. The number of ether oxygens (including phenoxy) is 3. The molecular formula is C23H18N4O5. The number of hydrogen-bond acceptors (Lipinski definition) is 7. The second kappa shape index (κ2) is 8.03. The normalized spacial score (nSPS) is 12.0. The van der Waals surface area contributed by atoms with E-state index in [1.165, 1.54) is 0 Å². The van der Waals surface area contributed by atoms with Crippen LogP contribution in [0.25, 0.3) is 21.8 Å². The van der Waals surface area contributed by atoms with E-state index in [0.29, 0.717) is 28.2 Å². The lowest BCUT2D eigenvalue weighted by molar-refractivity contribution is 0.0527. The summed E-state index contributed by atoms with van der Waals surface area (Å²) in [5.41, 5.74) is 1.40. The van der Waals surface area contributed by atoms with Gasteiger partial charge in [0.25, 0.3) is 0 Å². The highest BCUT2D eigenvalue weighted by atomic mass is 16.7. The van der Waals surface area contributed by atoms with Crippen molar-refractivity contribution in [3.05, 3.63) is 60.2 Å². The topological polar surface area (TPSA) is 112 Å². The number of carbonyl (C=O) groups is 2. The summed E-state index contributed by atoms with van der Waals surface area (Å²) in [5.74, 6) is 0.939. The summed E-state index contributed by atoms with van der Waals surface area (Å²) in [6, 6.07) is 15.6. The van der Waals surface area contributed by atoms with Crippen molar-refractivity contribution >= 4 is 45.4 Å². The maximum atomic E-state index is 12.7. The molecule has 0 radical (unpaired) electrons. The van der Waals surface area contributed by atoms with Crippen LogP contribution in [0.3, 0.4) is 0 Å². The van der Waals surface area contributed by atoms with Crippen LogP contribution in [0.1, 0.15) is 17.3 Å². The summed E-state index contributed by atoms with van der Waals surface area (Å²) in [7, 11) is 0. The zero-order valence-corrected chi connectivity index (χ0v) is 17.0. The van der Waals surface area contributed by atoms with Crippen LogP contribution in [0.4, 0.5) is 16.4 Å². The molecule has 0 unspecified atom stereocenters. The number of benzene rings is 2. The molecule has 0 bridgehead atoms. The minimum absolute atomic E-state index is 0.0631. The van der Waals surface area contributed by atoms with Crippen molar-refractivity contribution in [1.82, 2.24) is 9.97 Å². The Morgan fingerprint density at radius 1 is 0.938 bits per heavy atom. The van der Waals surface area contributed by atoms with E-state index in [9.17, 15) is 9.59 Å². The van der Waals surface area contributed by atoms with Gasteiger partial charge in [0.15, 0.2) is 11.5 Å². The molecule has 2 aromatic carbocycles. The summed E-state index contributed by atoms with van der Waals surface area (Å²) in [4.78, 5) is 34.1. The number of para-hydroxylation sites is 1. The van der Waals surface area contributed by atoms with Gasteiger partial charge in [0.1, 0.15) is 17.2 Å². The zero-order chi connectivity index (χ0) is 22.1. The standard InChI is InChI=1S/C23H18N4O5/c1-2-30-22(28)15-9-14-10-18-19(32-12-31-18)11-17(14)25-21(15)27-23(29)26-20-8-7-13-5-3-4-6-16(13)24-20/h3-11H,2,12H2,1H3,(H2,24,25,26,27,29). The van der Waals surface area contributed by atoms with Gasteiger partial charge >= 0.3 is 12.0 Å². The van der Waals surface area contributed by atoms with E-state index in [4.69, 9.17) is 14.2 Å². The van der Waals surface area contributed by atoms with Gasteiger partial charge in [-0.15, -0.1) is 0 Å². The minimum atomic E-state index is -0.598. The third-order valence-electron chi connectivity index (χ3n) is 4.88. The predicted octanol–water partition coefficient (Wildman–Crippen LogP) is 4.33. The van der Waals surface area contributed by atoms with Crippen molar-refractivity contribution in [2.45, 2.75) is 6.92 Å². The van der Waals surface area contributed by atoms with Crippen molar-refractivity contribution in [3.63, 3.8) is 0 Å². The molecule has 1 aliphatic heterocycles. The number of nitrogens with one attached hydrogen (secondary N) is 2. The number of nitrogens with zero attached hydrogens (tertiary/aromatic N) is 2. The Kier molecular flexibility index (Phi) is 4.91. The van der Waals surface area contributed by atoms with Crippen molar-refractivity contribution < 1.29 is 23.8 Å². The lowest BCUT2D eigenvalue weighted by Crippen LogP contribution is -2.23. The summed E-state index contributed by atoms with van der Waals surface area (Å²) in [5, 5.41) is 6.91. The third kappa shape index (κ3) is 3.71. The number of amides is 2. The molecule has 9 heteroatoms. The molecule has 0 saturated heterocycles. The zero-order valence-electron chi connectivity index (χ0n) is 17.0. The van der Waals surface area contributed by atoms with Crippen LogP contribution in [0, 0.1) is 0 Å². The molecule has 160 valence electrons. The Labute approximate surface area is 182 Å².